The highest BCUT2D eigenvalue weighted by Gasteiger charge is 2.22. The Morgan fingerprint density at radius 2 is 1.44 bits per heavy atom. The summed E-state index contributed by atoms with van der Waals surface area (Å²) in [6, 6.07) is 27.8. The summed E-state index contributed by atoms with van der Waals surface area (Å²) in [6.07, 6.45) is 0.971. The van der Waals surface area contributed by atoms with E-state index in [4.69, 9.17) is 5.21 Å². The van der Waals surface area contributed by atoms with Crippen molar-refractivity contribution in [3.05, 3.63) is 102 Å². The van der Waals surface area contributed by atoms with Crippen molar-refractivity contribution < 1.29 is 10.0 Å². The highest BCUT2D eigenvalue weighted by molar-refractivity contribution is 5.86. The number of rotatable bonds is 7. The third-order valence-corrected chi connectivity index (χ3v) is 4.75. The number of amides is 1. The van der Waals surface area contributed by atoms with E-state index in [1.165, 1.54) is 5.56 Å². The molecule has 0 bridgehead atoms. The van der Waals surface area contributed by atoms with Crippen LogP contribution in [0.3, 0.4) is 0 Å². The van der Waals surface area contributed by atoms with Crippen molar-refractivity contribution in [2.24, 2.45) is 0 Å². The van der Waals surface area contributed by atoms with Crippen LogP contribution in [0.2, 0.25) is 0 Å². The van der Waals surface area contributed by atoms with E-state index in [-0.39, 0.29) is 0 Å². The number of carbonyl (C=O) groups excluding carboxylic acids is 1. The number of hydrogen-bond acceptors (Lipinski definition) is 3. The largest absolute Gasteiger partial charge is 0.374 e. The molecule has 27 heavy (non-hydrogen) atoms. The topological polar surface area (TPSA) is 52.6 Å². The molecule has 0 aliphatic carbocycles. The van der Waals surface area contributed by atoms with E-state index in [9.17, 15) is 4.79 Å². The minimum atomic E-state index is -0.542. The lowest BCUT2D eigenvalue weighted by Gasteiger charge is -2.21. The van der Waals surface area contributed by atoms with Crippen molar-refractivity contribution in [2.45, 2.75) is 12.3 Å². The number of hydrogen-bond donors (Lipinski definition) is 2. The van der Waals surface area contributed by atoms with Gasteiger partial charge in [0.25, 0.3) is 5.91 Å². The van der Waals surface area contributed by atoms with E-state index in [0.717, 1.165) is 29.8 Å². The Labute approximate surface area is 160 Å². The molecule has 0 aromatic heterocycles. The summed E-state index contributed by atoms with van der Waals surface area (Å²) in [6.45, 7) is 0.905. The minimum Gasteiger partial charge on any atom is -0.374 e. The fourth-order valence-corrected chi connectivity index (χ4v) is 3.20. The molecule has 3 aromatic carbocycles. The monoisotopic (exact) mass is 360 g/mol. The molecule has 0 aliphatic heterocycles. The third kappa shape index (κ3) is 4.74. The van der Waals surface area contributed by atoms with Crippen molar-refractivity contribution in [1.82, 2.24) is 5.48 Å². The summed E-state index contributed by atoms with van der Waals surface area (Å²) in [4.78, 5) is 14.4. The van der Waals surface area contributed by atoms with E-state index >= 15 is 0 Å². The minimum absolute atomic E-state index is 0.439. The summed E-state index contributed by atoms with van der Waals surface area (Å²) >= 11 is 0. The second kappa shape index (κ2) is 9.01. The van der Waals surface area contributed by atoms with Crippen molar-refractivity contribution in [3.63, 3.8) is 0 Å². The van der Waals surface area contributed by atoms with Crippen LogP contribution in [0.5, 0.6) is 0 Å². The predicted octanol–water partition coefficient (Wildman–Crippen LogP) is 4.00. The summed E-state index contributed by atoms with van der Waals surface area (Å²) in [5.41, 5.74) is 5.87. The van der Waals surface area contributed by atoms with Gasteiger partial charge >= 0.3 is 0 Å². The molecule has 3 rings (SSSR count). The molecule has 4 heteroatoms. The third-order valence-electron chi connectivity index (χ3n) is 4.75. The molecule has 138 valence electrons. The fraction of sp³-hybridized carbons (Fsp3) is 0.174. The highest BCUT2D eigenvalue weighted by atomic mass is 16.5. The van der Waals surface area contributed by atoms with Crippen LogP contribution in [0.1, 0.15) is 22.6 Å². The van der Waals surface area contributed by atoms with Crippen LogP contribution in [0.15, 0.2) is 84.9 Å². The molecule has 1 amide bonds. The first-order valence-corrected chi connectivity index (χ1v) is 9.03. The van der Waals surface area contributed by atoms with Gasteiger partial charge in [-0.1, -0.05) is 72.8 Å². The van der Waals surface area contributed by atoms with Gasteiger partial charge in [-0.05, 0) is 35.2 Å². The number of nitrogens with one attached hydrogen (secondary N) is 1. The van der Waals surface area contributed by atoms with E-state index in [2.05, 4.69) is 36.2 Å². The van der Waals surface area contributed by atoms with E-state index in [0.29, 0.717) is 0 Å². The summed E-state index contributed by atoms with van der Waals surface area (Å²) in [5.74, 6) is -0.980. The molecule has 2 N–H and O–H groups in total. The van der Waals surface area contributed by atoms with E-state index < -0.39 is 11.8 Å². The molecule has 0 aliphatic rings. The lowest BCUT2D eigenvalue weighted by atomic mass is 9.90. The normalized spacial score (nSPS) is 11.6. The van der Waals surface area contributed by atoms with Gasteiger partial charge in [-0.15, -0.1) is 0 Å². The Hall–Kier alpha value is -3.11. The lowest BCUT2D eigenvalue weighted by Crippen LogP contribution is -2.27. The van der Waals surface area contributed by atoms with Gasteiger partial charge in [-0.3, -0.25) is 10.0 Å². The van der Waals surface area contributed by atoms with Crippen molar-refractivity contribution in [3.8, 4) is 0 Å². The number of anilines is 1. The maximum Gasteiger partial charge on any atom is 0.255 e. The Bertz CT molecular complexity index is 849. The predicted molar refractivity (Wildman–Crippen MR) is 108 cm³/mol. The molecule has 0 fully saturated rings. The number of hydroxylamine groups is 1. The van der Waals surface area contributed by atoms with Crippen LogP contribution >= 0.6 is 0 Å². The van der Waals surface area contributed by atoms with Gasteiger partial charge in [0, 0.05) is 19.3 Å². The average molecular weight is 360 g/mol. The molecule has 0 saturated carbocycles. The Morgan fingerprint density at radius 3 is 2.04 bits per heavy atom. The molecular weight excluding hydrogens is 336 g/mol. The number of carbonyl (C=O) groups is 1. The molecule has 1 atom stereocenters. The van der Waals surface area contributed by atoms with Gasteiger partial charge in [0.1, 0.15) is 0 Å². The first kappa shape index (κ1) is 18.7. The van der Waals surface area contributed by atoms with Crippen LogP contribution in [-0.4, -0.2) is 24.7 Å². The van der Waals surface area contributed by atoms with E-state index in [1.54, 1.807) is 5.48 Å². The Balaban J connectivity index is 1.73. The van der Waals surface area contributed by atoms with Crippen molar-refractivity contribution in [2.75, 3.05) is 18.5 Å². The number of likely N-dealkylation sites (N-methyl/N-ethyl adjacent to an activating group) is 1. The zero-order valence-electron chi connectivity index (χ0n) is 15.4. The molecule has 0 heterocycles. The molecule has 1 unspecified atom stereocenters. The van der Waals surface area contributed by atoms with Gasteiger partial charge in [-0.25, -0.2) is 5.48 Å². The first-order chi connectivity index (χ1) is 13.2. The molecule has 0 spiro atoms. The van der Waals surface area contributed by atoms with Gasteiger partial charge in [0.15, 0.2) is 0 Å². The standard InChI is InChI=1S/C23H24N2O2/c1-25(17-16-18-8-4-2-5-9-18)21-14-12-20(13-15-21)22(23(26)24-27)19-10-6-3-7-11-19/h2-15,22,27H,16-17H2,1H3,(H,24,26). The summed E-state index contributed by atoms with van der Waals surface area (Å²) in [5, 5.41) is 9.14. The maximum atomic E-state index is 12.2. The van der Waals surface area contributed by atoms with Crippen molar-refractivity contribution >= 4 is 11.6 Å². The Kier molecular flexibility index (Phi) is 6.23. The fourth-order valence-electron chi connectivity index (χ4n) is 3.20. The smallest absolute Gasteiger partial charge is 0.255 e. The van der Waals surface area contributed by atoms with Crippen LogP contribution in [0.25, 0.3) is 0 Å². The molecular formula is C23H24N2O2. The van der Waals surface area contributed by atoms with Gasteiger partial charge in [0.2, 0.25) is 0 Å². The first-order valence-electron chi connectivity index (χ1n) is 9.03. The number of benzene rings is 3. The van der Waals surface area contributed by atoms with Gasteiger partial charge in [-0.2, -0.15) is 0 Å². The summed E-state index contributed by atoms with van der Waals surface area (Å²) in [7, 11) is 2.06. The molecule has 4 nitrogen and oxygen atoms in total. The Morgan fingerprint density at radius 1 is 0.889 bits per heavy atom. The molecule has 0 saturated heterocycles. The van der Waals surface area contributed by atoms with Crippen LogP contribution in [0.4, 0.5) is 5.69 Å². The average Bonchev–Trinajstić information content (AvgIpc) is 2.74. The van der Waals surface area contributed by atoms with Gasteiger partial charge in [0.05, 0.1) is 5.92 Å². The highest BCUT2D eigenvalue weighted by Crippen LogP contribution is 2.26. The van der Waals surface area contributed by atoms with Crippen LogP contribution in [-0.2, 0) is 11.2 Å². The maximum absolute atomic E-state index is 12.2. The second-order valence-electron chi connectivity index (χ2n) is 6.57. The second-order valence-corrected chi connectivity index (χ2v) is 6.57. The van der Waals surface area contributed by atoms with Crippen LogP contribution in [0, 0.1) is 0 Å². The van der Waals surface area contributed by atoms with E-state index in [1.807, 2.05) is 60.7 Å². The zero-order valence-corrected chi connectivity index (χ0v) is 15.4. The molecule has 0 radical (unpaired) electrons. The molecule has 3 aromatic rings. The lowest BCUT2D eigenvalue weighted by molar-refractivity contribution is -0.129. The van der Waals surface area contributed by atoms with Crippen molar-refractivity contribution in [1.29, 1.82) is 0 Å². The SMILES string of the molecule is CN(CCc1ccccc1)c1ccc(C(C(=O)NO)c2ccccc2)cc1. The summed E-state index contributed by atoms with van der Waals surface area (Å²) < 4.78 is 0. The quantitative estimate of drug-likeness (QED) is 0.495. The van der Waals surface area contributed by atoms with Gasteiger partial charge < -0.3 is 4.90 Å². The zero-order chi connectivity index (χ0) is 19.1. The number of nitrogens with zero attached hydrogens (tertiary/aromatic N) is 1. The van der Waals surface area contributed by atoms with Crippen LogP contribution < -0.4 is 10.4 Å².